The van der Waals surface area contributed by atoms with Crippen LogP contribution in [0.2, 0.25) is 0 Å². The summed E-state index contributed by atoms with van der Waals surface area (Å²) >= 11 is 0. The number of anilines is 1. The molecule has 0 radical (unpaired) electrons. The van der Waals surface area contributed by atoms with Crippen LogP contribution in [0.4, 0.5) is 19.0 Å². The van der Waals surface area contributed by atoms with Gasteiger partial charge < -0.3 is 0 Å². The first-order valence-corrected chi connectivity index (χ1v) is 5.91. The highest BCUT2D eigenvalue weighted by atomic mass is 19.4. The maximum absolute atomic E-state index is 12.4. The molecule has 1 aliphatic heterocycles. The predicted molar refractivity (Wildman–Crippen MR) is 61.5 cm³/mol. The molecule has 0 spiro atoms. The van der Waals surface area contributed by atoms with Gasteiger partial charge in [0.25, 0.3) is 5.91 Å². The van der Waals surface area contributed by atoms with Crippen LogP contribution in [0, 0.1) is 5.92 Å². The van der Waals surface area contributed by atoms with Crippen LogP contribution in [-0.4, -0.2) is 16.6 Å². The van der Waals surface area contributed by atoms with E-state index in [0.717, 1.165) is 42.2 Å². The van der Waals surface area contributed by atoms with E-state index in [1.165, 1.54) is 6.07 Å². The van der Waals surface area contributed by atoms with Gasteiger partial charge in [0.15, 0.2) is 5.82 Å². The van der Waals surface area contributed by atoms with Gasteiger partial charge in [0, 0.05) is 6.20 Å². The number of rotatable bonds is 1. The molecule has 0 N–H and O–H groups in total. The van der Waals surface area contributed by atoms with E-state index in [4.69, 9.17) is 0 Å². The average molecular weight is 269 g/mol. The van der Waals surface area contributed by atoms with E-state index >= 15 is 0 Å². The van der Waals surface area contributed by atoms with E-state index in [-0.39, 0.29) is 17.6 Å². The van der Waals surface area contributed by atoms with Gasteiger partial charge in [-0.2, -0.15) is 23.3 Å². The molecule has 1 aliphatic carbocycles. The molecule has 4 nitrogen and oxygen atoms in total. The molecule has 100 valence electrons. The van der Waals surface area contributed by atoms with Gasteiger partial charge in [0.05, 0.1) is 17.2 Å². The molecule has 0 aromatic carbocycles. The number of hydrogen-bond donors (Lipinski definition) is 0. The van der Waals surface area contributed by atoms with E-state index < -0.39 is 11.7 Å². The van der Waals surface area contributed by atoms with Gasteiger partial charge in [-0.3, -0.25) is 4.79 Å². The van der Waals surface area contributed by atoms with Crippen LogP contribution in [0.15, 0.2) is 23.4 Å². The molecule has 19 heavy (non-hydrogen) atoms. The highest BCUT2D eigenvalue weighted by Gasteiger charge is 2.40. The number of alkyl halides is 3. The average Bonchev–Trinajstić information content (AvgIpc) is 2.92. The number of carbonyl (C=O) groups is 1. The largest absolute Gasteiger partial charge is 0.417 e. The van der Waals surface area contributed by atoms with Crippen LogP contribution < -0.4 is 5.01 Å². The van der Waals surface area contributed by atoms with Gasteiger partial charge in [0.1, 0.15) is 0 Å². The number of halogens is 3. The number of pyridine rings is 1. The second-order valence-corrected chi connectivity index (χ2v) is 4.59. The number of hydrazone groups is 1. The summed E-state index contributed by atoms with van der Waals surface area (Å²) in [5, 5.41) is 5.26. The fourth-order valence-corrected chi connectivity index (χ4v) is 2.38. The number of carbonyl (C=O) groups excluding carboxylic acids is 1. The van der Waals surface area contributed by atoms with Crippen LogP contribution in [0.1, 0.15) is 24.8 Å². The van der Waals surface area contributed by atoms with Crippen molar-refractivity contribution in [2.75, 3.05) is 5.01 Å². The van der Waals surface area contributed by atoms with Crippen molar-refractivity contribution in [1.82, 2.24) is 4.98 Å². The summed E-state index contributed by atoms with van der Waals surface area (Å²) in [4.78, 5) is 15.7. The monoisotopic (exact) mass is 269 g/mol. The minimum atomic E-state index is -4.43. The fourth-order valence-electron chi connectivity index (χ4n) is 2.38. The van der Waals surface area contributed by atoms with Crippen LogP contribution in [-0.2, 0) is 11.0 Å². The Morgan fingerprint density at radius 1 is 1.32 bits per heavy atom. The molecule has 1 fully saturated rings. The molecule has 1 aromatic rings. The molecule has 1 saturated carbocycles. The molecule has 0 saturated heterocycles. The zero-order valence-corrected chi connectivity index (χ0v) is 9.81. The fraction of sp³-hybridized carbons (Fsp3) is 0.417. The Kier molecular flexibility index (Phi) is 2.58. The third-order valence-electron chi connectivity index (χ3n) is 3.36. The number of aromatic nitrogens is 1. The highest BCUT2D eigenvalue weighted by Crippen LogP contribution is 2.34. The quantitative estimate of drug-likeness (QED) is 0.786. The zero-order chi connectivity index (χ0) is 13.6. The maximum Gasteiger partial charge on any atom is 0.417 e. The molecule has 1 amide bonds. The molecule has 3 rings (SSSR count). The molecular weight excluding hydrogens is 259 g/mol. The second-order valence-electron chi connectivity index (χ2n) is 4.59. The standard InChI is InChI=1S/C12H10F3N3O/c13-12(14,15)7-4-5-10(16-6-7)18-11(19)8-2-1-3-9(8)17-18/h4-6,8H,1-3H2. The first-order valence-electron chi connectivity index (χ1n) is 5.91. The Morgan fingerprint density at radius 3 is 2.68 bits per heavy atom. The number of hydrogen-bond acceptors (Lipinski definition) is 3. The molecular formula is C12H10F3N3O. The molecule has 2 aliphatic rings. The lowest BCUT2D eigenvalue weighted by atomic mass is 10.1. The van der Waals surface area contributed by atoms with Crippen LogP contribution in [0.25, 0.3) is 0 Å². The topological polar surface area (TPSA) is 45.6 Å². The van der Waals surface area contributed by atoms with Gasteiger partial charge in [-0.1, -0.05) is 0 Å². The van der Waals surface area contributed by atoms with Crippen LogP contribution in [0.5, 0.6) is 0 Å². The minimum Gasteiger partial charge on any atom is -0.272 e. The first-order chi connectivity index (χ1) is 8.97. The van der Waals surface area contributed by atoms with Crippen LogP contribution in [0.3, 0.4) is 0 Å². The minimum absolute atomic E-state index is 0.139. The van der Waals surface area contributed by atoms with Gasteiger partial charge in [-0.05, 0) is 31.4 Å². The van der Waals surface area contributed by atoms with Crippen molar-refractivity contribution in [3.63, 3.8) is 0 Å². The van der Waals surface area contributed by atoms with E-state index in [0.29, 0.717) is 0 Å². The third kappa shape index (κ3) is 1.98. The van der Waals surface area contributed by atoms with Gasteiger partial charge in [-0.25, -0.2) is 4.98 Å². The van der Waals surface area contributed by atoms with Crippen molar-refractivity contribution >= 4 is 17.4 Å². The smallest absolute Gasteiger partial charge is 0.272 e. The lowest BCUT2D eigenvalue weighted by Crippen LogP contribution is -2.26. The molecule has 2 heterocycles. The van der Waals surface area contributed by atoms with Crippen molar-refractivity contribution in [3.05, 3.63) is 23.9 Å². The summed E-state index contributed by atoms with van der Waals surface area (Å²) in [5.74, 6) is -0.260. The summed E-state index contributed by atoms with van der Waals surface area (Å²) in [7, 11) is 0. The van der Waals surface area contributed by atoms with Gasteiger partial charge in [-0.15, -0.1) is 0 Å². The SMILES string of the molecule is O=C1C2CCCC2=NN1c1ccc(C(F)(F)F)cn1. The van der Waals surface area contributed by atoms with Crippen LogP contribution >= 0.6 is 0 Å². The summed E-state index contributed by atoms with van der Waals surface area (Å²) in [6.45, 7) is 0. The number of fused-ring (bicyclic) bond motifs is 1. The predicted octanol–water partition coefficient (Wildman–Crippen LogP) is 2.60. The summed E-state index contributed by atoms with van der Waals surface area (Å²) in [6.07, 6.45) is -1.24. The Bertz CT molecular complexity index is 550. The van der Waals surface area contributed by atoms with E-state index in [9.17, 15) is 18.0 Å². The normalized spacial score (nSPS) is 22.7. The Balaban J connectivity index is 1.88. The van der Waals surface area contributed by atoms with Crippen molar-refractivity contribution in [2.24, 2.45) is 11.0 Å². The Hall–Kier alpha value is -1.92. The van der Waals surface area contributed by atoms with E-state index in [2.05, 4.69) is 10.1 Å². The van der Waals surface area contributed by atoms with Gasteiger partial charge >= 0.3 is 6.18 Å². The molecule has 7 heteroatoms. The van der Waals surface area contributed by atoms with Crippen molar-refractivity contribution in [3.8, 4) is 0 Å². The summed E-state index contributed by atoms with van der Waals surface area (Å²) in [5.41, 5.74) is -0.0255. The van der Waals surface area contributed by atoms with Crippen molar-refractivity contribution in [2.45, 2.75) is 25.4 Å². The summed E-state index contributed by atoms with van der Waals surface area (Å²) in [6, 6.07) is 2.08. The Labute approximate surface area is 106 Å². The molecule has 1 atom stereocenters. The molecule has 1 unspecified atom stereocenters. The summed E-state index contributed by atoms with van der Waals surface area (Å²) < 4.78 is 37.2. The number of nitrogens with zero attached hydrogens (tertiary/aromatic N) is 3. The maximum atomic E-state index is 12.4. The van der Waals surface area contributed by atoms with E-state index in [1.54, 1.807) is 0 Å². The highest BCUT2D eigenvalue weighted by molar-refractivity contribution is 6.16. The Morgan fingerprint density at radius 2 is 2.11 bits per heavy atom. The number of amides is 1. The molecule has 1 aromatic heterocycles. The van der Waals surface area contributed by atoms with Crippen molar-refractivity contribution in [1.29, 1.82) is 0 Å². The lowest BCUT2D eigenvalue weighted by Gasteiger charge is -2.13. The molecule has 0 bridgehead atoms. The van der Waals surface area contributed by atoms with Gasteiger partial charge in [0.2, 0.25) is 0 Å². The zero-order valence-electron chi connectivity index (χ0n) is 9.81. The van der Waals surface area contributed by atoms with E-state index in [1.807, 2.05) is 0 Å². The second kappa shape index (κ2) is 4.04. The first kappa shape index (κ1) is 12.1. The third-order valence-corrected chi connectivity index (χ3v) is 3.36. The lowest BCUT2D eigenvalue weighted by molar-refractivity contribution is -0.137. The van der Waals surface area contributed by atoms with Crippen molar-refractivity contribution < 1.29 is 18.0 Å².